The quantitative estimate of drug-likeness (QED) is 0.619. The molecule has 0 bridgehead atoms. The molecule has 5 heteroatoms. The first-order valence-electron chi connectivity index (χ1n) is 9.57. The van der Waals surface area contributed by atoms with E-state index in [9.17, 15) is 4.79 Å². The minimum Gasteiger partial charge on any atom is -0.462 e. The molecular weight excluding hydrogens is 318 g/mol. The number of rotatable bonds is 4. The van der Waals surface area contributed by atoms with Crippen LogP contribution in [0, 0.1) is 5.92 Å². The van der Waals surface area contributed by atoms with Gasteiger partial charge in [0.1, 0.15) is 0 Å². The van der Waals surface area contributed by atoms with Gasteiger partial charge in [-0.05, 0) is 56.7 Å². The Morgan fingerprint density at radius 3 is 2.92 bits per heavy atom. The van der Waals surface area contributed by atoms with Crippen LogP contribution in [0.25, 0.3) is 0 Å². The van der Waals surface area contributed by atoms with Gasteiger partial charge in [-0.1, -0.05) is 0 Å². The molecule has 1 unspecified atom stereocenters. The third-order valence-corrected chi connectivity index (χ3v) is 6.34. The number of nitrogens with zero attached hydrogens (tertiary/aromatic N) is 1. The summed E-state index contributed by atoms with van der Waals surface area (Å²) in [6.07, 6.45) is 7.60. The van der Waals surface area contributed by atoms with Crippen LogP contribution in [0.2, 0.25) is 0 Å². The molecule has 0 radical (unpaired) electrons. The molecule has 1 aromatic rings. The summed E-state index contributed by atoms with van der Waals surface area (Å²) in [4.78, 5) is 12.3. The van der Waals surface area contributed by atoms with Crippen molar-refractivity contribution in [1.29, 1.82) is 0 Å². The van der Waals surface area contributed by atoms with E-state index in [1.165, 1.54) is 49.7 Å². The fraction of sp³-hybridized carbons (Fsp3) is 0.650. The predicted octanol–water partition coefficient (Wildman–Crippen LogP) is 3.37. The van der Waals surface area contributed by atoms with E-state index in [0.717, 1.165) is 12.5 Å². The second-order valence-corrected chi connectivity index (χ2v) is 7.88. The Morgan fingerprint density at radius 1 is 1.16 bits per heavy atom. The lowest BCUT2D eigenvalue weighted by Gasteiger charge is -2.51. The van der Waals surface area contributed by atoms with Gasteiger partial charge in [-0.25, -0.2) is 4.79 Å². The summed E-state index contributed by atoms with van der Waals surface area (Å²) in [7, 11) is 2.43. The molecule has 0 spiro atoms. The molecule has 25 heavy (non-hydrogen) atoms. The molecular formula is C20H28NO4+. The summed E-state index contributed by atoms with van der Waals surface area (Å²) in [5, 5.41) is 0. The van der Waals surface area contributed by atoms with Crippen molar-refractivity contribution in [2.75, 3.05) is 33.5 Å². The van der Waals surface area contributed by atoms with E-state index >= 15 is 0 Å². The molecule has 1 aromatic carbocycles. The van der Waals surface area contributed by atoms with Gasteiger partial charge in [0.2, 0.25) is 6.79 Å². The standard InChI is InChI=1S/C20H28NO4/c1-21-10-3-2-6-17(21)15(5-4-11-21)9-12-23-20(22)16-7-8-18-19(13-16)25-14-24-18/h7-8,13,15,17H,2-6,9-12,14H2,1H3/q+1/t15-,17+,21?/m0/s1. The van der Waals surface area contributed by atoms with Crippen molar-refractivity contribution in [2.45, 2.75) is 44.6 Å². The Bertz CT molecular complexity index is 643. The minimum absolute atomic E-state index is 0.216. The fourth-order valence-corrected chi connectivity index (χ4v) is 4.98. The molecule has 0 saturated carbocycles. The summed E-state index contributed by atoms with van der Waals surface area (Å²) < 4.78 is 17.4. The molecule has 3 aliphatic heterocycles. The third-order valence-electron chi connectivity index (χ3n) is 6.34. The highest BCUT2D eigenvalue weighted by Crippen LogP contribution is 2.37. The maximum absolute atomic E-state index is 12.3. The lowest BCUT2D eigenvalue weighted by molar-refractivity contribution is -0.947. The Labute approximate surface area is 149 Å². The molecule has 5 nitrogen and oxygen atoms in total. The molecule has 2 fully saturated rings. The van der Waals surface area contributed by atoms with E-state index in [1.54, 1.807) is 18.2 Å². The minimum atomic E-state index is -0.269. The Balaban J connectivity index is 1.32. The number of quaternary nitrogens is 1. The van der Waals surface area contributed by atoms with E-state index < -0.39 is 0 Å². The van der Waals surface area contributed by atoms with Crippen LogP contribution in [-0.2, 0) is 4.74 Å². The van der Waals surface area contributed by atoms with Gasteiger partial charge in [-0.15, -0.1) is 0 Å². The predicted molar refractivity (Wildman–Crippen MR) is 93.7 cm³/mol. The van der Waals surface area contributed by atoms with Crippen molar-refractivity contribution >= 4 is 5.97 Å². The molecule has 3 heterocycles. The second kappa shape index (κ2) is 6.87. The van der Waals surface area contributed by atoms with Crippen LogP contribution in [0.15, 0.2) is 18.2 Å². The molecule has 136 valence electrons. The topological polar surface area (TPSA) is 44.8 Å². The van der Waals surface area contributed by atoms with Gasteiger partial charge < -0.3 is 18.7 Å². The van der Waals surface area contributed by atoms with Crippen molar-refractivity contribution in [2.24, 2.45) is 5.92 Å². The number of ether oxygens (including phenoxy) is 3. The maximum Gasteiger partial charge on any atom is 0.338 e. The van der Waals surface area contributed by atoms with Gasteiger partial charge in [0.05, 0.1) is 38.3 Å². The molecule has 2 saturated heterocycles. The average Bonchev–Trinajstić information content (AvgIpc) is 3.09. The summed E-state index contributed by atoms with van der Waals surface area (Å²) in [5.41, 5.74) is 0.534. The summed E-state index contributed by atoms with van der Waals surface area (Å²) >= 11 is 0. The van der Waals surface area contributed by atoms with E-state index in [1.807, 2.05) is 0 Å². The molecule has 0 amide bonds. The van der Waals surface area contributed by atoms with Crippen LogP contribution in [0.5, 0.6) is 11.5 Å². The van der Waals surface area contributed by atoms with E-state index in [4.69, 9.17) is 14.2 Å². The average molecular weight is 346 g/mol. The van der Waals surface area contributed by atoms with Crippen LogP contribution < -0.4 is 9.47 Å². The van der Waals surface area contributed by atoms with E-state index in [0.29, 0.717) is 29.6 Å². The smallest absolute Gasteiger partial charge is 0.338 e. The fourth-order valence-electron chi connectivity index (χ4n) is 4.98. The van der Waals surface area contributed by atoms with Gasteiger partial charge in [0.25, 0.3) is 0 Å². The molecule has 3 atom stereocenters. The SMILES string of the molecule is C[N+]12CCCC[C@@H]1[C@H](CCOC(=O)c1ccc3c(c1)OCO3)CCC2. The van der Waals surface area contributed by atoms with Crippen molar-refractivity contribution in [1.82, 2.24) is 0 Å². The second-order valence-electron chi connectivity index (χ2n) is 7.88. The zero-order chi connectivity index (χ0) is 17.3. The van der Waals surface area contributed by atoms with E-state index in [-0.39, 0.29) is 12.8 Å². The largest absolute Gasteiger partial charge is 0.462 e. The van der Waals surface area contributed by atoms with Crippen molar-refractivity contribution in [3.8, 4) is 11.5 Å². The van der Waals surface area contributed by atoms with Crippen molar-refractivity contribution < 1.29 is 23.5 Å². The highest BCUT2D eigenvalue weighted by Gasteiger charge is 2.43. The Morgan fingerprint density at radius 2 is 2.00 bits per heavy atom. The van der Waals surface area contributed by atoms with Crippen molar-refractivity contribution in [3.63, 3.8) is 0 Å². The van der Waals surface area contributed by atoms with Crippen LogP contribution in [0.3, 0.4) is 0 Å². The van der Waals surface area contributed by atoms with E-state index in [2.05, 4.69) is 7.05 Å². The van der Waals surface area contributed by atoms with Gasteiger partial charge in [-0.2, -0.15) is 0 Å². The first kappa shape index (κ1) is 16.7. The lowest BCUT2D eigenvalue weighted by Crippen LogP contribution is -2.60. The number of carbonyl (C=O) groups excluding carboxylic acids is 1. The van der Waals surface area contributed by atoms with Crippen molar-refractivity contribution in [3.05, 3.63) is 23.8 Å². The highest BCUT2D eigenvalue weighted by molar-refractivity contribution is 5.90. The van der Waals surface area contributed by atoms with Crippen LogP contribution in [0.4, 0.5) is 0 Å². The number of carbonyl (C=O) groups is 1. The summed E-state index contributed by atoms with van der Waals surface area (Å²) in [6.45, 7) is 3.36. The molecule has 0 N–H and O–H groups in total. The molecule has 4 rings (SSSR count). The third kappa shape index (κ3) is 3.34. The number of hydrogen-bond acceptors (Lipinski definition) is 4. The summed E-state index contributed by atoms with van der Waals surface area (Å²) in [5.74, 6) is 1.73. The number of piperidine rings is 2. The monoisotopic (exact) mass is 346 g/mol. The molecule has 3 aliphatic rings. The van der Waals surface area contributed by atoms with Gasteiger partial charge in [0, 0.05) is 5.92 Å². The Kier molecular flexibility index (Phi) is 4.59. The maximum atomic E-state index is 12.3. The zero-order valence-corrected chi connectivity index (χ0v) is 15.0. The van der Waals surface area contributed by atoms with Crippen LogP contribution in [-0.4, -0.2) is 50.0 Å². The lowest BCUT2D eigenvalue weighted by atomic mass is 9.80. The zero-order valence-electron chi connectivity index (χ0n) is 15.0. The van der Waals surface area contributed by atoms with Crippen LogP contribution in [0.1, 0.15) is 48.9 Å². The molecule has 0 aliphatic carbocycles. The number of hydrogen-bond donors (Lipinski definition) is 0. The first-order valence-corrected chi connectivity index (χ1v) is 9.57. The number of benzene rings is 1. The van der Waals surface area contributed by atoms with Gasteiger partial charge in [0.15, 0.2) is 11.5 Å². The highest BCUT2D eigenvalue weighted by atomic mass is 16.7. The normalized spacial score (nSPS) is 30.6. The molecule has 0 aromatic heterocycles. The number of fused-ring (bicyclic) bond motifs is 2. The first-order chi connectivity index (χ1) is 12.2. The Hall–Kier alpha value is -1.75. The summed E-state index contributed by atoms with van der Waals surface area (Å²) in [6, 6.07) is 5.98. The van der Waals surface area contributed by atoms with Gasteiger partial charge >= 0.3 is 5.97 Å². The van der Waals surface area contributed by atoms with Gasteiger partial charge in [-0.3, -0.25) is 0 Å². The number of esters is 1. The van der Waals surface area contributed by atoms with Crippen LogP contribution >= 0.6 is 0 Å².